The van der Waals surface area contributed by atoms with Crippen molar-refractivity contribution in [1.82, 2.24) is 4.72 Å². The fourth-order valence-electron chi connectivity index (χ4n) is 0.954. The maximum Gasteiger partial charge on any atom is 0.243 e. The van der Waals surface area contributed by atoms with Crippen molar-refractivity contribution in [2.24, 2.45) is 5.73 Å². The zero-order valence-electron chi connectivity index (χ0n) is 7.70. The molecule has 0 aliphatic heterocycles. The standard InChI is InChI=1S/C8H10BrFN2O2S/c9-6-1-2-7(10)8(5-6)15(13,14)12-4-3-11/h1-2,5,12H,3-4,11H2. The molecule has 1 rings (SSSR count). The lowest BCUT2D eigenvalue weighted by Gasteiger charge is -2.06. The molecule has 4 nitrogen and oxygen atoms in total. The number of hydrogen-bond donors (Lipinski definition) is 2. The van der Waals surface area contributed by atoms with Crippen molar-refractivity contribution in [3.63, 3.8) is 0 Å². The molecule has 0 amide bonds. The Morgan fingerprint density at radius 1 is 1.47 bits per heavy atom. The summed E-state index contributed by atoms with van der Waals surface area (Å²) in [4.78, 5) is -0.384. The molecule has 0 aromatic heterocycles. The predicted octanol–water partition coefficient (Wildman–Crippen LogP) is 0.825. The van der Waals surface area contributed by atoms with E-state index in [1.165, 1.54) is 12.1 Å². The fourth-order valence-corrected chi connectivity index (χ4v) is 2.62. The third kappa shape index (κ3) is 3.23. The van der Waals surface area contributed by atoms with Gasteiger partial charge in [-0.05, 0) is 18.2 Å². The summed E-state index contributed by atoms with van der Waals surface area (Å²) in [5.41, 5.74) is 5.15. The average Bonchev–Trinajstić information content (AvgIpc) is 2.18. The zero-order valence-corrected chi connectivity index (χ0v) is 10.1. The van der Waals surface area contributed by atoms with Gasteiger partial charge in [-0.3, -0.25) is 0 Å². The number of rotatable bonds is 4. The lowest BCUT2D eigenvalue weighted by atomic mass is 10.3. The van der Waals surface area contributed by atoms with Crippen LogP contribution in [0.25, 0.3) is 0 Å². The smallest absolute Gasteiger partial charge is 0.243 e. The molecule has 3 N–H and O–H groups in total. The predicted molar refractivity (Wildman–Crippen MR) is 58.3 cm³/mol. The molecule has 0 saturated heterocycles. The normalized spacial score (nSPS) is 11.7. The molecule has 0 fully saturated rings. The molecule has 0 radical (unpaired) electrons. The molecular weight excluding hydrogens is 287 g/mol. The summed E-state index contributed by atoms with van der Waals surface area (Å²) in [7, 11) is -3.81. The Morgan fingerprint density at radius 3 is 2.73 bits per heavy atom. The molecule has 7 heteroatoms. The third-order valence-electron chi connectivity index (χ3n) is 1.62. The molecule has 0 spiro atoms. The summed E-state index contributed by atoms with van der Waals surface area (Å²) in [5, 5.41) is 0. The lowest BCUT2D eigenvalue weighted by molar-refractivity contribution is 0.557. The van der Waals surface area contributed by atoms with Gasteiger partial charge in [-0.25, -0.2) is 17.5 Å². The van der Waals surface area contributed by atoms with Crippen LogP contribution in [0.5, 0.6) is 0 Å². The minimum Gasteiger partial charge on any atom is -0.329 e. The Bertz CT molecular complexity index is 450. The Kier molecular flexibility index (Phi) is 4.21. The zero-order chi connectivity index (χ0) is 11.5. The van der Waals surface area contributed by atoms with E-state index < -0.39 is 15.8 Å². The summed E-state index contributed by atoms with van der Waals surface area (Å²) < 4.78 is 39.0. The van der Waals surface area contributed by atoms with E-state index in [-0.39, 0.29) is 18.0 Å². The van der Waals surface area contributed by atoms with Crippen LogP contribution in [-0.2, 0) is 10.0 Å². The Hall–Kier alpha value is -0.500. The first-order valence-corrected chi connectivity index (χ1v) is 6.40. The molecule has 1 aromatic rings. The van der Waals surface area contributed by atoms with Gasteiger partial charge in [0.15, 0.2) is 0 Å². The summed E-state index contributed by atoms with van der Waals surface area (Å²) in [6, 6.07) is 3.71. The number of benzene rings is 1. The molecule has 0 aliphatic rings. The van der Waals surface area contributed by atoms with Gasteiger partial charge in [0, 0.05) is 17.6 Å². The van der Waals surface area contributed by atoms with Crippen LogP contribution in [0, 0.1) is 5.82 Å². The fraction of sp³-hybridized carbons (Fsp3) is 0.250. The van der Waals surface area contributed by atoms with E-state index in [1.807, 2.05) is 0 Å². The summed E-state index contributed by atoms with van der Waals surface area (Å²) in [5.74, 6) is -0.789. The third-order valence-corrected chi connectivity index (χ3v) is 3.59. The first-order chi connectivity index (χ1) is 6.97. The van der Waals surface area contributed by atoms with Crippen LogP contribution in [0.2, 0.25) is 0 Å². The molecule has 1 aromatic carbocycles. The highest BCUT2D eigenvalue weighted by Gasteiger charge is 2.18. The second-order valence-electron chi connectivity index (χ2n) is 2.76. The molecule has 0 aliphatic carbocycles. The lowest BCUT2D eigenvalue weighted by Crippen LogP contribution is -2.29. The van der Waals surface area contributed by atoms with Crippen molar-refractivity contribution < 1.29 is 12.8 Å². The maximum absolute atomic E-state index is 13.2. The Labute approximate surface area is 95.8 Å². The largest absolute Gasteiger partial charge is 0.329 e. The van der Waals surface area contributed by atoms with Crippen LogP contribution in [0.4, 0.5) is 4.39 Å². The molecule has 0 bridgehead atoms. The van der Waals surface area contributed by atoms with E-state index in [0.29, 0.717) is 4.47 Å². The molecule has 0 atom stereocenters. The highest BCUT2D eigenvalue weighted by atomic mass is 79.9. The van der Waals surface area contributed by atoms with Crippen LogP contribution in [0.15, 0.2) is 27.6 Å². The molecular formula is C8H10BrFN2O2S. The van der Waals surface area contributed by atoms with E-state index in [9.17, 15) is 12.8 Å². The number of hydrogen-bond acceptors (Lipinski definition) is 3. The Balaban J connectivity index is 3.09. The van der Waals surface area contributed by atoms with Gasteiger partial charge in [-0.15, -0.1) is 0 Å². The van der Waals surface area contributed by atoms with E-state index in [0.717, 1.165) is 6.07 Å². The quantitative estimate of drug-likeness (QED) is 0.864. The molecule has 0 heterocycles. The van der Waals surface area contributed by atoms with Gasteiger partial charge in [-0.2, -0.15) is 0 Å². The van der Waals surface area contributed by atoms with E-state index in [4.69, 9.17) is 5.73 Å². The van der Waals surface area contributed by atoms with Gasteiger partial charge in [0.1, 0.15) is 10.7 Å². The Morgan fingerprint density at radius 2 is 2.13 bits per heavy atom. The topological polar surface area (TPSA) is 72.2 Å². The van der Waals surface area contributed by atoms with E-state index >= 15 is 0 Å². The number of sulfonamides is 1. The summed E-state index contributed by atoms with van der Waals surface area (Å²) in [6.07, 6.45) is 0. The highest BCUT2D eigenvalue weighted by Crippen LogP contribution is 2.19. The van der Waals surface area contributed by atoms with Crippen LogP contribution < -0.4 is 10.5 Å². The monoisotopic (exact) mass is 296 g/mol. The van der Waals surface area contributed by atoms with Gasteiger partial charge in [0.2, 0.25) is 10.0 Å². The SMILES string of the molecule is NCCNS(=O)(=O)c1cc(Br)ccc1F. The second kappa shape index (κ2) is 5.02. The van der Waals surface area contributed by atoms with Crippen molar-refractivity contribution in [2.75, 3.05) is 13.1 Å². The van der Waals surface area contributed by atoms with Gasteiger partial charge in [0.05, 0.1) is 0 Å². The van der Waals surface area contributed by atoms with Crippen molar-refractivity contribution >= 4 is 26.0 Å². The maximum atomic E-state index is 13.2. The summed E-state index contributed by atoms with van der Waals surface area (Å²) in [6.45, 7) is 0.239. The minimum atomic E-state index is -3.81. The van der Waals surface area contributed by atoms with Gasteiger partial charge in [0.25, 0.3) is 0 Å². The first-order valence-electron chi connectivity index (χ1n) is 4.12. The van der Waals surface area contributed by atoms with E-state index in [2.05, 4.69) is 20.7 Å². The van der Waals surface area contributed by atoms with Gasteiger partial charge < -0.3 is 5.73 Å². The van der Waals surface area contributed by atoms with Crippen LogP contribution in [0.3, 0.4) is 0 Å². The van der Waals surface area contributed by atoms with Crippen LogP contribution >= 0.6 is 15.9 Å². The van der Waals surface area contributed by atoms with Crippen LogP contribution in [-0.4, -0.2) is 21.5 Å². The molecule has 15 heavy (non-hydrogen) atoms. The number of nitrogens with one attached hydrogen (secondary N) is 1. The van der Waals surface area contributed by atoms with Crippen LogP contribution in [0.1, 0.15) is 0 Å². The highest BCUT2D eigenvalue weighted by molar-refractivity contribution is 9.10. The number of nitrogens with two attached hydrogens (primary N) is 1. The van der Waals surface area contributed by atoms with Crippen molar-refractivity contribution in [3.05, 3.63) is 28.5 Å². The number of halogens is 2. The molecule has 84 valence electrons. The molecule has 0 unspecified atom stereocenters. The first kappa shape index (κ1) is 12.6. The summed E-state index contributed by atoms with van der Waals surface area (Å²) >= 11 is 3.07. The second-order valence-corrected chi connectivity index (χ2v) is 5.41. The minimum absolute atomic E-state index is 0.0777. The van der Waals surface area contributed by atoms with Crippen molar-refractivity contribution in [3.8, 4) is 0 Å². The van der Waals surface area contributed by atoms with Gasteiger partial charge >= 0.3 is 0 Å². The average molecular weight is 297 g/mol. The molecule has 0 saturated carbocycles. The van der Waals surface area contributed by atoms with Crippen molar-refractivity contribution in [1.29, 1.82) is 0 Å². The van der Waals surface area contributed by atoms with Gasteiger partial charge in [-0.1, -0.05) is 15.9 Å². The van der Waals surface area contributed by atoms with E-state index in [1.54, 1.807) is 0 Å². The van der Waals surface area contributed by atoms with Crippen molar-refractivity contribution in [2.45, 2.75) is 4.90 Å².